The van der Waals surface area contributed by atoms with E-state index in [0.29, 0.717) is 51.9 Å². The van der Waals surface area contributed by atoms with Crippen LogP contribution < -0.4 is 14.8 Å². The van der Waals surface area contributed by atoms with Crippen LogP contribution in [0.2, 0.25) is 0 Å². The molecule has 0 saturated carbocycles. The van der Waals surface area contributed by atoms with Gasteiger partial charge in [-0.1, -0.05) is 18.2 Å². The Balaban J connectivity index is 0.000000163. The fourth-order valence-corrected chi connectivity index (χ4v) is 6.01. The van der Waals surface area contributed by atoms with Crippen molar-refractivity contribution in [2.45, 2.75) is 18.9 Å². The molecule has 0 fully saturated rings. The molecule has 3 N–H and O–H groups in total. The first-order valence-electron chi connectivity index (χ1n) is 13.6. The van der Waals surface area contributed by atoms with E-state index in [1.165, 1.54) is 42.5 Å². The van der Waals surface area contributed by atoms with Crippen LogP contribution in [-0.2, 0) is 15.1 Å². The zero-order valence-electron chi connectivity index (χ0n) is 23.4. The number of ether oxygens (including phenoxy) is 3. The first kappa shape index (κ1) is 28.5. The number of benzene rings is 4. The fourth-order valence-electron chi connectivity index (χ4n) is 5.22. The van der Waals surface area contributed by atoms with E-state index in [2.05, 4.69) is 10.3 Å². The smallest absolute Gasteiger partial charge is 0.340 e. The highest BCUT2D eigenvalue weighted by atomic mass is 32.1. The number of carbonyl (C=O) groups excluding carboxylic acids is 2. The van der Waals surface area contributed by atoms with Crippen LogP contribution in [-0.4, -0.2) is 40.2 Å². The zero-order valence-corrected chi connectivity index (χ0v) is 24.2. The van der Waals surface area contributed by atoms with Gasteiger partial charge in [-0.3, -0.25) is 4.79 Å². The Kier molecular flexibility index (Phi) is 7.51. The van der Waals surface area contributed by atoms with Crippen LogP contribution in [0.3, 0.4) is 0 Å². The fraction of sp³-hybridized carbons (Fsp3) is 0.152. The Morgan fingerprint density at radius 3 is 2.39 bits per heavy atom. The molecule has 0 atom stereocenters. The number of aromatic nitrogens is 1. The number of nitrogens with zero attached hydrogens (tertiary/aromatic N) is 2. The third kappa shape index (κ3) is 5.23. The van der Waals surface area contributed by atoms with Crippen LogP contribution in [0, 0.1) is 11.3 Å². The molecule has 2 aliphatic heterocycles. The van der Waals surface area contributed by atoms with Gasteiger partial charge in [0.15, 0.2) is 10.6 Å². The van der Waals surface area contributed by atoms with Gasteiger partial charge in [0.1, 0.15) is 34.8 Å². The quantitative estimate of drug-likeness (QED) is 0.168. The van der Waals surface area contributed by atoms with Crippen molar-refractivity contribution in [2.24, 2.45) is 0 Å². The molecule has 10 nitrogen and oxygen atoms in total. The molecular formula is C33H25N3O7S. The lowest BCUT2D eigenvalue weighted by Gasteiger charge is -2.36. The maximum Gasteiger partial charge on any atom is 0.340 e. The minimum absolute atomic E-state index is 0.0323. The third-order valence-electron chi connectivity index (χ3n) is 7.10. The molecule has 11 heteroatoms. The predicted molar refractivity (Wildman–Crippen MR) is 161 cm³/mol. The number of nitrogens with one attached hydrogen (secondary N) is 1. The number of hydrogen-bond donors (Lipinski definition) is 3. The summed E-state index contributed by atoms with van der Waals surface area (Å²) in [4.78, 5) is 27.4. The standard InChI is InChI=1S/C20H12O5.C13H13N3O2S/c21-11-5-7-15-17(9-11)24-18-10-12(22)6-8-16(18)20(15)14-4-2-1-3-13(14)19(23)25-20;1-9(17)15-5-2-6-18-10-3-4-11-12(7-10)19-13(8-14)16-11/h1-10,21-22H;3-4,7H,2,5-6H2,1H3,(H,15,17). The Morgan fingerprint density at radius 1 is 1.00 bits per heavy atom. The number of hydrogen-bond acceptors (Lipinski definition) is 10. The molecule has 0 radical (unpaired) electrons. The monoisotopic (exact) mass is 607 g/mol. The van der Waals surface area contributed by atoms with E-state index in [0.717, 1.165) is 22.4 Å². The average Bonchev–Trinajstić information content (AvgIpc) is 3.55. The van der Waals surface area contributed by atoms with E-state index in [1.54, 1.807) is 24.3 Å². The van der Waals surface area contributed by atoms with E-state index < -0.39 is 11.6 Å². The van der Waals surface area contributed by atoms with Crippen molar-refractivity contribution in [1.82, 2.24) is 10.3 Å². The number of phenolic OH excluding ortho intramolecular Hbond substituents is 2. The van der Waals surface area contributed by atoms with Crippen molar-refractivity contribution >= 4 is 33.4 Å². The summed E-state index contributed by atoms with van der Waals surface area (Å²) in [5, 5.41) is 31.6. The maximum atomic E-state index is 12.5. The normalized spacial score (nSPS) is 13.3. The molecule has 7 rings (SSSR count). The number of carbonyl (C=O) groups is 2. The number of phenols is 2. The van der Waals surface area contributed by atoms with Crippen molar-refractivity contribution in [3.05, 3.63) is 106 Å². The largest absolute Gasteiger partial charge is 0.508 e. The Morgan fingerprint density at radius 2 is 1.70 bits per heavy atom. The van der Waals surface area contributed by atoms with Gasteiger partial charge in [-0.15, -0.1) is 11.3 Å². The van der Waals surface area contributed by atoms with Gasteiger partial charge in [-0.25, -0.2) is 9.78 Å². The van der Waals surface area contributed by atoms with Crippen LogP contribution in [0.25, 0.3) is 10.2 Å². The first-order valence-corrected chi connectivity index (χ1v) is 14.5. The maximum absolute atomic E-state index is 12.5. The van der Waals surface area contributed by atoms with Crippen molar-refractivity contribution in [1.29, 1.82) is 5.26 Å². The molecule has 2 aliphatic rings. The Labute approximate surface area is 255 Å². The van der Waals surface area contributed by atoms with Crippen LogP contribution in [0.1, 0.15) is 45.4 Å². The van der Waals surface area contributed by atoms with Crippen LogP contribution in [0.5, 0.6) is 28.7 Å². The van der Waals surface area contributed by atoms with E-state index >= 15 is 0 Å². The second-order valence-corrected chi connectivity index (χ2v) is 11.1. The zero-order chi connectivity index (χ0) is 30.8. The molecule has 5 aromatic rings. The summed E-state index contributed by atoms with van der Waals surface area (Å²) in [7, 11) is 0. The van der Waals surface area contributed by atoms with E-state index in [-0.39, 0.29) is 17.4 Å². The summed E-state index contributed by atoms with van der Waals surface area (Å²) in [5.41, 5.74) is 2.10. The van der Waals surface area contributed by atoms with Crippen molar-refractivity contribution < 1.29 is 34.0 Å². The second-order valence-electron chi connectivity index (χ2n) is 10.0. The number of esters is 1. The SMILES string of the molecule is CC(=O)NCCCOc1ccc2nc(C#N)sc2c1.O=C1OC2(c3ccc(O)cc3Oc3cc(O)ccc32)c2ccccc21. The van der Waals surface area contributed by atoms with Gasteiger partial charge in [-0.05, 0) is 55.0 Å². The van der Waals surface area contributed by atoms with E-state index in [4.69, 9.17) is 19.5 Å². The topological polar surface area (TPSA) is 151 Å². The minimum atomic E-state index is -1.17. The van der Waals surface area contributed by atoms with Crippen molar-refractivity contribution in [2.75, 3.05) is 13.2 Å². The molecule has 1 aromatic heterocycles. The highest BCUT2D eigenvalue weighted by Gasteiger charge is 2.53. The lowest BCUT2D eigenvalue weighted by Crippen LogP contribution is -2.32. The first-order chi connectivity index (χ1) is 21.3. The van der Waals surface area contributed by atoms with Gasteiger partial charge in [0.2, 0.25) is 5.91 Å². The lowest BCUT2D eigenvalue weighted by atomic mass is 9.77. The molecule has 0 bridgehead atoms. The molecule has 44 heavy (non-hydrogen) atoms. The summed E-state index contributed by atoms with van der Waals surface area (Å²) in [6.07, 6.45) is 0.754. The highest BCUT2D eigenvalue weighted by molar-refractivity contribution is 7.19. The molecule has 220 valence electrons. The number of nitriles is 1. The van der Waals surface area contributed by atoms with Crippen LogP contribution in [0.4, 0.5) is 0 Å². The molecule has 0 aliphatic carbocycles. The summed E-state index contributed by atoms with van der Waals surface area (Å²) in [5.74, 6) is 1.13. The average molecular weight is 608 g/mol. The summed E-state index contributed by atoms with van der Waals surface area (Å²) >= 11 is 1.35. The Hall–Kier alpha value is -5.60. The molecule has 0 unspecified atom stereocenters. The van der Waals surface area contributed by atoms with E-state index in [1.807, 2.05) is 36.4 Å². The van der Waals surface area contributed by atoms with Crippen molar-refractivity contribution in [3.63, 3.8) is 0 Å². The van der Waals surface area contributed by atoms with Crippen LogP contribution in [0.15, 0.2) is 78.9 Å². The number of fused-ring (bicyclic) bond motifs is 7. The molecule has 0 saturated heterocycles. The van der Waals surface area contributed by atoms with Crippen molar-refractivity contribution in [3.8, 4) is 34.8 Å². The number of aromatic hydroxyl groups is 2. The number of amides is 1. The van der Waals surface area contributed by atoms with E-state index in [9.17, 15) is 19.8 Å². The number of rotatable bonds is 5. The summed E-state index contributed by atoms with van der Waals surface area (Å²) < 4.78 is 18.3. The van der Waals surface area contributed by atoms with Gasteiger partial charge < -0.3 is 29.7 Å². The molecular weight excluding hydrogens is 582 g/mol. The molecule has 4 aromatic carbocycles. The second kappa shape index (κ2) is 11.6. The molecule has 1 amide bonds. The number of thiazole rings is 1. The van der Waals surface area contributed by atoms with Gasteiger partial charge >= 0.3 is 5.97 Å². The predicted octanol–water partition coefficient (Wildman–Crippen LogP) is 5.74. The van der Waals surface area contributed by atoms with Gasteiger partial charge in [0.05, 0.1) is 22.4 Å². The summed E-state index contributed by atoms with van der Waals surface area (Å²) in [6.45, 7) is 2.64. The molecule has 1 spiro atoms. The Bertz CT molecular complexity index is 1910. The van der Waals surface area contributed by atoms with Gasteiger partial charge in [0.25, 0.3) is 0 Å². The van der Waals surface area contributed by atoms with Gasteiger partial charge in [0, 0.05) is 42.3 Å². The molecule has 3 heterocycles. The lowest BCUT2D eigenvalue weighted by molar-refractivity contribution is -0.118. The van der Waals surface area contributed by atoms with Crippen LogP contribution >= 0.6 is 11.3 Å². The highest BCUT2D eigenvalue weighted by Crippen LogP contribution is 2.56. The minimum Gasteiger partial charge on any atom is -0.508 e. The van der Waals surface area contributed by atoms with Gasteiger partial charge in [-0.2, -0.15) is 5.26 Å². The summed E-state index contributed by atoms with van der Waals surface area (Å²) in [6, 6.07) is 24.2. The third-order valence-corrected chi connectivity index (χ3v) is 8.02.